The third-order valence-electron chi connectivity index (χ3n) is 4.30. The minimum absolute atomic E-state index is 0.00969. The molecular weight excluding hydrogens is 322 g/mol. The van der Waals surface area contributed by atoms with Crippen LogP contribution in [0.1, 0.15) is 21.6 Å². The average Bonchev–Trinajstić information content (AvgIpc) is 3.32. The van der Waals surface area contributed by atoms with Crippen molar-refractivity contribution in [2.75, 3.05) is 7.11 Å². The Morgan fingerprint density at radius 2 is 2.28 bits per heavy atom. The highest BCUT2D eigenvalue weighted by molar-refractivity contribution is 5.93. The monoisotopic (exact) mass is 339 g/mol. The third kappa shape index (κ3) is 2.86. The second-order valence-electron chi connectivity index (χ2n) is 6.03. The number of nitrogens with one attached hydrogen (secondary N) is 1. The van der Waals surface area contributed by atoms with Gasteiger partial charge in [-0.15, -0.1) is 5.10 Å². The van der Waals surface area contributed by atoms with Crippen LogP contribution in [-0.2, 0) is 19.9 Å². The number of benzene rings is 1. The molecule has 1 aliphatic rings. The van der Waals surface area contributed by atoms with Crippen molar-refractivity contribution >= 4 is 5.91 Å². The lowest BCUT2D eigenvalue weighted by Gasteiger charge is -2.10. The largest absolute Gasteiger partial charge is 0.496 e. The number of ether oxygens (including phenoxy) is 1. The zero-order valence-electron chi connectivity index (χ0n) is 13.9. The van der Waals surface area contributed by atoms with E-state index in [1.807, 2.05) is 12.1 Å². The summed E-state index contributed by atoms with van der Waals surface area (Å²) in [5.74, 6) is 1.01. The van der Waals surface area contributed by atoms with Crippen LogP contribution in [0.5, 0.6) is 5.75 Å². The molecule has 0 radical (unpaired) electrons. The molecule has 0 spiro atoms. The number of hydrogen-bond acceptors (Lipinski definition) is 6. The molecule has 2 aromatic heterocycles. The van der Waals surface area contributed by atoms with Gasteiger partial charge in [0.05, 0.1) is 13.3 Å². The van der Waals surface area contributed by atoms with E-state index in [9.17, 15) is 4.79 Å². The van der Waals surface area contributed by atoms with E-state index in [1.165, 1.54) is 5.56 Å². The van der Waals surface area contributed by atoms with Crippen LogP contribution >= 0.6 is 0 Å². The number of rotatable bonds is 4. The number of hydrogen-bond donors (Lipinski definition) is 1. The van der Waals surface area contributed by atoms with Crippen LogP contribution in [0, 0.1) is 0 Å². The molecule has 3 aromatic rings. The zero-order valence-corrected chi connectivity index (χ0v) is 13.9. The fraction of sp³-hybridized carbons (Fsp3) is 0.294. The second-order valence-corrected chi connectivity index (χ2v) is 6.03. The Morgan fingerprint density at radius 1 is 1.40 bits per heavy atom. The van der Waals surface area contributed by atoms with Gasteiger partial charge in [-0.05, 0) is 30.0 Å². The number of fused-ring (bicyclic) bond motifs is 1. The minimum Gasteiger partial charge on any atom is -0.496 e. The summed E-state index contributed by atoms with van der Waals surface area (Å²) in [7, 11) is 3.41. The normalized spacial score (nSPS) is 15.8. The Labute approximate surface area is 143 Å². The van der Waals surface area contributed by atoms with Gasteiger partial charge in [-0.3, -0.25) is 9.48 Å². The highest BCUT2D eigenvalue weighted by Crippen LogP contribution is 2.30. The molecule has 0 saturated heterocycles. The van der Waals surface area contributed by atoms with E-state index < -0.39 is 0 Å². The maximum atomic E-state index is 12.4. The molecular formula is C17H17N5O3. The van der Waals surface area contributed by atoms with Crippen molar-refractivity contribution in [2.45, 2.75) is 18.9 Å². The topological polar surface area (TPSA) is 95.1 Å². The van der Waals surface area contributed by atoms with Crippen LogP contribution in [0.4, 0.5) is 0 Å². The predicted molar refractivity (Wildman–Crippen MR) is 88.2 cm³/mol. The van der Waals surface area contributed by atoms with E-state index in [-0.39, 0.29) is 17.6 Å². The number of methoxy groups -OCH3 is 1. The van der Waals surface area contributed by atoms with Gasteiger partial charge in [-0.25, -0.2) is 0 Å². The molecule has 2 heterocycles. The summed E-state index contributed by atoms with van der Waals surface area (Å²) in [4.78, 5) is 12.4. The third-order valence-corrected chi connectivity index (χ3v) is 4.30. The van der Waals surface area contributed by atoms with Crippen LogP contribution in [0.3, 0.4) is 0 Å². The summed E-state index contributed by atoms with van der Waals surface area (Å²) >= 11 is 0. The van der Waals surface area contributed by atoms with Gasteiger partial charge in [0.2, 0.25) is 0 Å². The molecule has 1 N–H and O–H groups in total. The molecule has 0 fully saturated rings. The SMILES string of the molecule is COc1cccc2c1CC(NC(=O)c1cc(-c3cn(C)nn3)on1)C2. The van der Waals surface area contributed by atoms with Gasteiger partial charge in [0.25, 0.3) is 5.91 Å². The van der Waals surface area contributed by atoms with Crippen molar-refractivity contribution in [2.24, 2.45) is 7.05 Å². The number of nitrogens with zero attached hydrogens (tertiary/aromatic N) is 4. The summed E-state index contributed by atoms with van der Waals surface area (Å²) in [6, 6.07) is 7.55. The van der Waals surface area contributed by atoms with Gasteiger partial charge < -0.3 is 14.6 Å². The summed E-state index contributed by atoms with van der Waals surface area (Å²) in [5.41, 5.74) is 3.11. The van der Waals surface area contributed by atoms with Crippen LogP contribution in [0.25, 0.3) is 11.5 Å². The van der Waals surface area contributed by atoms with Crippen LogP contribution in [-0.4, -0.2) is 39.2 Å². The van der Waals surface area contributed by atoms with Crippen molar-refractivity contribution in [1.82, 2.24) is 25.5 Å². The first-order chi connectivity index (χ1) is 12.1. The van der Waals surface area contributed by atoms with Crippen molar-refractivity contribution in [3.63, 3.8) is 0 Å². The summed E-state index contributed by atoms with van der Waals surface area (Å²) in [5, 5.41) is 14.6. The van der Waals surface area contributed by atoms with Crippen molar-refractivity contribution < 1.29 is 14.1 Å². The number of carbonyl (C=O) groups is 1. The molecule has 0 aliphatic heterocycles. The van der Waals surface area contributed by atoms with Crippen molar-refractivity contribution in [3.8, 4) is 17.2 Å². The number of amides is 1. The summed E-state index contributed by atoms with van der Waals surface area (Å²) < 4.78 is 12.2. The lowest BCUT2D eigenvalue weighted by Crippen LogP contribution is -2.35. The first-order valence-electron chi connectivity index (χ1n) is 7.93. The number of carbonyl (C=O) groups excluding carboxylic acids is 1. The molecule has 128 valence electrons. The number of aryl methyl sites for hydroxylation is 1. The van der Waals surface area contributed by atoms with E-state index in [4.69, 9.17) is 9.26 Å². The highest BCUT2D eigenvalue weighted by Gasteiger charge is 2.27. The van der Waals surface area contributed by atoms with Gasteiger partial charge in [0.1, 0.15) is 5.75 Å². The molecule has 1 aliphatic carbocycles. The first-order valence-corrected chi connectivity index (χ1v) is 7.93. The van der Waals surface area contributed by atoms with Gasteiger partial charge in [0.15, 0.2) is 17.1 Å². The Kier molecular flexibility index (Phi) is 3.72. The second kappa shape index (κ2) is 6.04. The van der Waals surface area contributed by atoms with E-state index in [2.05, 4.69) is 26.9 Å². The quantitative estimate of drug-likeness (QED) is 0.771. The summed E-state index contributed by atoms with van der Waals surface area (Å²) in [6.07, 6.45) is 3.20. The van der Waals surface area contributed by atoms with Crippen LogP contribution in [0.15, 0.2) is 35.0 Å². The van der Waals surface area contributed by atoms with E-state index in [0.29, 0.717) is 11.5 Å². The van der Waals surface area contributed by atoms with Gasteiger partial charge in [-0.2, -0.15) is 0 Å². The fourth-order valence-corrected chi connectivity index (χ4v) is 3.13. The molecule has 4 rings (SSSR count). The van der Waals surface area contributed by atoms with E-state index in [0.717, 1.165) is 24.2 Å². The molecule has 1 aromatic carbocycles. The maximum absolute atomic E-state index is 12.4. The molecule has 8 heteroatoms. The van der Waals surface area contributed by atoms with Gasteiger partial charge in [-0.1, -0.05) is 22.5 Å². The van der Waals surface area contributed by atoms with Crippen molar-refractivity contribution in [3.05, 3.63) is 47.3 Å². The maximum Gasteiger partial charge on any atom is 0.273 e. The Balaban J connectivity index is 1.46. The molecule has 0 saturated carbocycles. The van der Waals surface area contributed by atoms with Gasteiger partial charge >= 0.3 is 0 Å². The number of aromatic nitrogens is 4. The molecule has 8 nitrogen and oxygen atoms in total. The molecule has 1 amide bonds. The molecule has 0 bridgehead atoms. The highest BCUT2D eigenvalue weighted by atomic mass is 16.5. The van der Waals surface area contributed by atoms with Crippen LogP contribution in [0.2, 0.25) is 0 Å². The minimum atomic E-state index is -0.268. The van der Waals surface area contributed by atoms with Gasteiger partial charge in [0, 0.05) is 19.2 Å². The molecule has 25 heavy (non-hydrogen) atoms. The Morgan fingerprint density at radius 3 is 3.04 bits per heavy atom. The lowest BCUT2D eigenvalue weighted by molar-refractivity contribution is 0.0929. The van der Waals surface area contributed by atoms with Crippen LogP contribution < -0.4 is 10.1 Å². The predicted octanol–water partition coefficient (Wildman–Crippen LogP) is 1.38. The standard InChI is InChI=1S/C17H17N5O3/c1-22-9-14(19-21-22)16-8-13(20-25-16)17(23)18-11-6-10-4-3-5-15(24-2)12(10)7-11/h3-5,8-9,11H,6-7H2,1-2H3,(H,18,23). The van der Waals surface area contributed by atoms with Crippen molar-refractivity contribution in [1.29, 1.82) is 0 Å². The average molecular weight is 339 g/mol. The summed E-state index contributed by atoms with van der Waals surface area (Å²) in [6.45, 7) is 0. The molecule has 1 atom stereocenters. The molecule has 1 unspecified atom stereocenters. The lowest BCUT2D eigenvalue weighted by atomic mass is 10.1. The first kappa shape index (κ1) is 15.4. The zero-order chi connectivity index (χ0) is 17.4. The Hall–Kier alpha value is -3.16. The smallest absolute Gasteiger partial charge is 0.273 e. The fourth-order valence-electron chi connectivity index (χ4n) is 3.13. The Bertz CT molecular complexity index is 930. The van der Waals surface area contributed by atoms with E-state index in [1.54, 1.807) is 31.1 Å². The van der Waals surface area contributed by atoms with E-state index >= 15 is 0 Å².